The maximum absolute atomic E-state index is 5.65. The molecule has 0 spiro atoms. The van der Waals surface area contributed by atoms with Gasteiger partial charge in [0.2, 0.25) is 0 Å². The summed E-state index contributed by atoms with van der Waals surface area (Å²) < 4.78 is 11.2. The number of fused-ring (bicyclic) bond motifs is 1. The Morgan fingerprint density at radius 3 is 3.00 bits per heavy atom. The molecule has 0 saturated carbocycles. The van der Waals surface area contributed by atoms with Gasteiger partial charge in [-0.05, 0) is 19.0 Å². The zero-order valence-corrected chi connectivity index (χ0v) is 9.79. The molecule has 0 atom stereocenters. The summed E-state index contributed by atoms with van der Waals surface area (Å²) in [5, 5.41) is 3.42. The van der Waals surface area contributed by atoms with E-state index >= 15 is 0 Å². The van der Waals surface area contributed by atoms with Gasteiger partial charge in [0.05, 0.1) is 0 Å². The van der Waals surface area contributed by atoms with E-state index in [1.165, 1.54) is 18.4 Å². The van der Waals surface area contributed by atoms with E-state index in [9.17, 15) is 0 Å². The van der Waals surface area contributed by atoms with E-state index in [1.807, 2.05) is 12.1 Å². The molecule has 1 aromatic carbocycles. The molecule has 0 fully saturated rings. The summed E-state index contributed by atoms with van der Waals surface area (Å²) in [5.41, 5.74) is 1.19. The zero-order valence-electron chi connectivity index (χ0n) is 9.79. The smallest absolute Gasteiger partial charge is 0.165 e. The molecule has 1 heterocycles. The summed E-state index contributed by atoms with van der Waals surface area (Å²) in [5.74, 6) is 1.79. The van der Waals surface area contributed by atoms with Gasteiger partial charge in [-0.2, -0.15) is 0 Å². The van der Waals surface area contributed by atoms with Gasteiger partial charge in [0.15, 0.2) is 11.5 Å². The Hall–Kier alpha value is -1.22. The number of benzene rings is 1. The first kappa shape index (κ1) is 11.3. The average Bonchev–Trinajstić information content (AvgIpc) is 2.35. The normalized spacial score (nSPS) is 13.8. The van der Waals surface area contributed by atoms with E-state index in [0.717, 1.165) is 24.6 Å². The van der Waals surface area contributed by atoms with Gasteiger partial charge in [-0.25, -0.2) is 0 Å². The lowest BCUT2D eigenvalue weighted by atomic mass is 10.1. The van der Waals surface area contributed by atoms with Crippen LogP contribution in [0.5, 0.6) is 11.5 Å². The molecule has 1 aliphatic rings. The third-order valence-electron chi connectivity index (χ3n) is 2.67. The standard InChI is InChI=1S/C13H19NO2/c1-2-3-7-14-10-11-5-4-6-12-13(11)16-9-8-15-12/h4-6,14H,2-3,7-10H2,1H3. The maximum Gasteiger partial charge on any atom is 0.165 e. The van der Waals surface area contributed by atoms with Gasteiger partial charge < -0.3 is 14.8 Å². The summed E-state index contributed by atoms with van der Waals surface area (Å²) >= 11 is 0. The Morgan fingerprint density at radius 1 is 1.25 bits per heavy atom. The monoisotopic (exact) mass is 221 g/mol. The highest BCUT2D eigenvalue weighted by molar-refractivity contribution is 5.47. The molecule has 0 aromatic heterocycles. The van der Waals surface area contributed by atoms with Gasteiger partial charge in [0.1, 0.15) is 13.2 Å². The number of nitrogens with one attached hydrogen (secondary N) is 1. The Labute approximate surface area is 96.8 Å². The van der Waals surface area contributed by atoms with Gasteiger partial charge in [0.25, 0.3) is 0 Å². The molecular weight excluding hydrogens is 202 g/mol. The predicted octanol–water partition coefficient (Wildman–Crippen LogP) is 2.35. The first-order chi connectivity index (χ1) is 7.92. The Balaban J connectivity index is 1.97. The molecule has 0 amide bonds. The third-order valence-corrected chi connectivity index (χ3v) is 2.67. The van der Waals surface area contributed by atoms with E-state index in [1.54, 1.807) is 0 Å². The molecule has 0 unspecified atom stereocenters. The summed E-state index contributed by atoms with van der Waals surface area (Å²) in [6, 6.07) is 6.07. The van der Waals surface area contributed by atoms with E-state index in [4.69, 9.17) is 9.47 Å². The lowest BCUT2D eigenvalue weighted by Crippen LogP contribution is -2.19. The largest absolute Gasteiger partial charge is 0.486 e. The molecule has 0 bridgehead atoms. The minimum atomic E-state index is 0.652. The van der Waals surface area contributed by atoms with Crippen LogP contribution >= 0.6 is 0 Å². The van der Waals surface area contributed by atoms with Crippen molar-refractivity contribution < 1.29 is 9.47 Å². The van der Waals surface area contributed by atoms with Crippen LogP contribution in [0.3, 0.4) is 0 Å². The van der Waals surface area contributed by atoms with Crippen LogP contribution in [-0.4, -0.2) is 19.8 Å². The Bertz CT molecular complexity index is 339. The fourth-order valence-corrected chi connectivity index (χ4v) is 1.80. The van der Waals surface area contributed by atoms with Crippen LogP contribution in [0.2, 0.25) is 0 Å². The number of hydrogen-bond donors (Lipinski definition) is 1. The number of para-hydroxylation sites is 1. The van der Waals surface area contributed by atoms with E-state index < -0.39 is 0 Å². The first-order valence-corrected chi connectivity index (χ1v) is 6.00. The highest BCUT2D eigenvalue weighted by atomic mass is 16.6. The lowest BCUT2D eigenvalue weighted by molar-refractivity contribution is 0.169. The zero-order chi connectivity index (χ0) is 11.2. The molecule has 3 heteroatoms. The average molecular weight is 221 g/mol. The summed E-state index contributed by atoms with van der Waals surface area (Å²) in [6.07, 6.45) is 2.44. The molecule has 0 aliphatic carbocycles. The van der Waals surface area contributed by atoms with Gasteiger partial charge in [0, 0.05) is 12.1 Å². The summed E-state index contributed by atoms with van der Waals surface area (Å²) in [7, 11) is 0. The third kappa shape index (κ3) is 2.67. The van der Waals surface area contributed by atoms with Gasteiger partial charge in [-0.15, -0.1) is 0 Å². The molecule has 1 N–H and O–H groups in total. The predicted molar refractivity (Wildman–Crippen MR) is 64.0 cm³/mol. The first-order valence-electron chi connectivity index (χ1n) is 6.00. The second-order valence-electron chi connectivity index (χ2n) is 3.97. The summed E-state index contributed by atoms with van der Waals surface area (Å²) in [6.45, 7) is 5.41. The van der Waals surface area contributed by atoms with Crippen molar-refractivity contribution in [1.29, 1.82) is 0 Å². The molecule has 16 heavy (non-hydrogen) atoms. The van der Waals surface area contributed by atoms with Crippen LogP contribution in [0.4, 0.5) is 0 Å². The molecular formula is C13H19NO2. The van der Waals surface area contributed by atoms with Gasteiger partial charge in [-0.1, -0.05) is 25.5 Å². The van der Waals surface area contributed by atoms with Crippen LogP contribution in [0, 0.1) is 0 Å². The van der Waals surface area contributed by atoms with Crippen LogP contribution < -0.4 is 14.8 Å². The van der Waals surface area contributed by atoms with Gasteiger partial charge in [-0.3, -0.25) is 0 Å². The Morgan fingerprint density at radius 2 is 2.12 bits per heavy atom. The van der Waals surface area contributed by atoms with E-state index in [2.05, 4.69) is 18.3 Å². The topological polar surface area (TPSA) is 30.5 Å². The SMILES string of the molecule is CCCCNCc1cccc2c1OCCO2. The number of ether oxygens (including phenoxy) is 2. The fourth-order valence-electron chi connectivity index (χ4n) is 1.80. The van der Waals surface area contributed by atoms with Crippen molar-refractivity contribution in [1.82, 2.24) is 5.32 Å². The number of hydrogen-bond acceptors (Lipinski definition) is 3. The van der Waals surface area contributed by atoms with Crippen LogP contribution in [0.1, 0.15) is 25.3 Å². The minimum absolute atomic E-state index is 0.652. The molecule has 0 radical (unpaired) electrons. The van der Waals surface area contributed by atoms with Crippen LogP contribution in [0.25, 0.3) is 0 Å². The second-order valence-corrected chi connectivity index (χ2v) is 3.97. The molecule has 88 valence electrons. The Kier molecular flexibility index (Phi) is 4.05. The minimum Gasteiger partial charge on any atom is -0.486 e. The van der Waals surface area contributed by atoms with Crippen LogP contribution in [-0.2, 0) is 6.54 Å². The highest BCUT2D eigenvalue weighted by Crippen LogP contribution is 2.33. The van der Waals surface area contributed by atoms with Crippen molar-refractivity contribution in [3.05, 3.63) is 23.8 Å². The maximum atomic E-state index is 5.65. The van der Waals surface area contributed by atoms with E-state index in [-0.39, 0.29) is 0 Å². The molecule has 3 nitrogen and oxygen atoms in total. The highest BCUT2D eigenvalue weighted by Gasteiger charge is 2.14. The second kappa shape index (κ2) is 5.75. The van der Waals surface area contributed by atoms with Crippen molar-refractivity contribution in [2.24, 2.45) is 0 Å². The van der Waals surface area contributed by atoms with E-state index in [0.29, 0.717) is 13.2 Å². The van der Waals surface area contributed by atoms with Crippen molar-refractivity contribution in [3.63, 3.8) is 0 Å². The lowest BCUT2D eigenvalue weighted by Gasteiger charge is -2.21. The van der Waals surface area contributed by atoms with Crippen LogP contribution in [0.15, 0.2) is 18.2 Å². The van der Waals surface area contributed by atoms with Crippen molar-refractivity contribution in [2.75, 3.05) is 19.8 Å². The molecule has 1 aromatic rings. The molecule has 0 saturated heterocycles. The summed E-state index contributed by atoms with van der Waals surface area (Å²) in [4.78, 5) is 0. The number of unbranched alkanes of at least 4 members (excludes halogenated alkanes) is 1. The van der Waals surface area contributed by atoms with Gasteiger partial charge >= 0.3 is 0 Å². The quantitative estimate of drug-likeness (QED) is 0.774. The molecule has 2 rings (SSSR count). The fraction of sp³-hybridized carbons (Fsp3) is 0.538. The number of rotatable bonds is 5. The van der Waals surface area contributed by atoms with Crippen molar-refractivity contribution >= 4 is 0 Å². The van der Waals surface area contributed by atoms with Crippen molar-refractivity contribution in [3.8, 4) is 11.5 Å². The van der Waals surface area contributed by atoms with Crippen molar-refractivity contribution in [2.45, 2.75) is 26.3 Å². The molecule has 1 aliphatic heterocycles.